The number of amides is 1. The zero-order valence-corrected chi connectivity index (χ0v) is 8.60. The number of halogens is 1. The summed E-state index contributed by atoms with van der Waals surface area (Å²) in [6.07, 6.45) is -0.402. The van der Waals surface area contributed by atoms with Gasteiger partial charge < -0.3 is 14.7 Å². The first-order valence-corrected chi connectivity index (χ1v) is 4.99. The lowest BCUT2D eigenvalue weighted by atomic mass is 10.2. The van der Waals surface area contributed by atoms with Crippen LogP contribution in [0.1, 0.15) is 0 Å². The topological polar surface area (TPSA) is 49.8 Å². The van der Waals surface area contributed by atoms with Gasteiger partial charge in [0, 0.05) is 5.69 Å². The van der Waals surface area contributed by atoms with Crippen molar-refractivity contribution in [3.8, 4) is 0 Å². The van der Waals surface area contributed by atoms with Crippen molar-refractivity contribution in [1.82, 2.24) is 0 Å². The number of carbonyl (C=O) groups is 1. The van der Waals surface area contributed by atoms with Gasteiger partial charge in [-0.1, -0.05) is 6.07 Å². The highest BCUT2D eigenvalue weighted by Crippen LogP contribution is 2.19. The first-order chi connectivity index (χ1) is 7.70. The number of aliphatic hydroxyl groups is 1. The molecule has 1 aliphatic heterocycles. The van der Waals surface area contributed by atoms with E-state index in [9.17, 15) is 9.18 Å². The quantitative estimate of drug-likeness (QED) is 0.799. The van der Waals surface area contributed by atoms with Gasteiger partial charge >= 0.3 is 0 Å². The largest absolute Gasteiger partial charge is 0.394 e. The van der Waals surface area contributed by atoms with Crippen LogP contribution in [-0.4, -0.2) is 36.9 Å². The summed E-state index contributed by atoms with van der Waals surface area (Å²) in [6, 6.07) is 5.80. The second-order valence-electron chi connectivity index (χ2n) is 3.60. The van der Waals surface area contributed by atoms with Crippen molar-refractivity contribution in [2.24, 2.45) is 0 Å². The lowest BCUT2D eigenvalue weighted by Gasteiger charge is -2.31. The average Bonchev–Trinajstić information content (AvgIpc) is 2.30. The Morgan fingerprint density at radius 1 is 1.56 bits per heavy atom. The molecule has 0 bridgehead atoms. The van der Waals surface area contributed by atoms with Crippen LogP contribution in [0.5, 0.6) is 0 Å². The number of nitrogens with zero attached hydrogens (tertiary/aromatic N) is 1. The molecule has 16 heavy (non-hydrogen) atoms. The molecular formula is C11H12FNO3. The first kappa shape index (κ1) is 11.0. The smallest absolute Gasteiger partial charge is 0.253 e. The maximum atomic E-state index is 13.0. The highest BCUT2D eigenvalue weighted by Gasteiger charge is 2.26. The molecule has 5 heteroatoms. The van der Waals surface area contributed by atoms with Gasteiger partial charge in [-0.2, -0.15) is 0 Å². The number of anilines is 1. The number of aliphatic hydroxyl groups excluding tert-OH is 1. The molecule has 0 radical (unpaired) electrons. The number of benzene rings is 1. The van der Waals surface area contributed by atoms with Gasteiger partial charge in [0.2, 0.25) is 0 Å². The van der Waals surface area contributed by atoms with E-state index in [2.05, 4.69) is 0 Å². The number of carbonyl (C=O) groups excluding carboxylic acids is 1. The fraction of sp³-hybridized carbons (Fsp3) is 0.364. The minimum absolute atomic E-state index is 0.0816. The number of morpholine rings is 1. The summed E-state index contributed by atoms with van der Waals surface area (Å²) in [4.78, 5) is 13.0. The maximum Gasteiger partial charge on any atom is 0.253 e. The van der Waals surface area contributed by atoms with Crippen molar-refractivity contribution in [2.75, 3.05) is 24.7 Å². The summed E-state index contributed by atoms with van der Waals surface area (Å²) in [7, 11) is 0. The summed E-state index contributed by atoms with van der Waals surface area (Å²) in [5.74, 6) is -0.618. The van der Waals surface area contributed by atoms with E-state index in [1.54, 1.807) is 12.1 Å². The van der Waals surface area contributed by atoms with Gasteiger partial charge in [0.15, 0.2) is 0 Å². The van der Waals surface area contributed by atoms with Gasteiger partial charge in [-0.25, -0.2) is 4.39 Å². The Kier molecular flexibility index (Phi) is 3.17. The monoisotopic (exact) mass is 225 g/mol. The second kappa shape index (κ2) is 4.59. The average molecular weight is 225 g/mol. The van der Waals surface area contributed by atoms with E-state index in [0.29, 0.717) is 5.69 Å². The van der Waals surface area contributed by atoms with Crippen molar-refractivity contribution >= 4 is 11.6 Å². The highest BCUT2D eigenvalue weighted by molar-refractivity contribution is 5.94. The Morgan fingerprint density at radius 2 is 2.38 bits per heavy atom. The molecule has 1 saturated heterocycles. The van der Waals surface area contributed by atoms with Crippen LogP contribution >= 0.6 is 0 Å². The Balaban J connectivity index is 2.21. The Hall–Kier alpha value is -1.46. The molecule has 0 aromatic heterocycles. The summed E-state index contributed by atoms with van der Waals surface area (Å²) in [5.41, 5.74) is 0.492. The molecule has 1 aromatic rings. The van der Waals surface area contributed by atoms with Crippen LogP contribution in [0, 0.1) is 5.82 Å². The lowest BCUT2D eigenvalue weighted by molar-refractivity contribution is -0.130. The summed E-state index contributed by atoms with van der Waals surface area (Å²) in [5, 5.41) is 8.96. The molecule has 1 N–H and O–H groups in total. The molecule has 1 aromatic carbocycles. The summed E-state index contributed by atoms with van der Waals surface area (Å²) >= 11 is 0. The van der Waals surface area contributed by atoms with Gasteiger partial charge in [0.25, 0.3) is 5.91 Å². The Labute approximate surface area is 92.2 Å². The zero-order chi connectivity index (χ0) is 11.5. The molecule has 1 aliphatic rings. The molecule has 0 spiro atoms. The third kappa shape index (κ3) is 2.20. The van der Waals surface area contributed by atoms with Gasteiger partial charge in [-0.05, 0) is 18.2 Å². The SMILES string of the molecule is O=C1COC(CO)CN1c1cccc(F)c1. The van der Waals surface area contributed by atoms with Crippen LogP contribution in [0.15, 0.2) is 24.3 Å². The Morgan fingerprint density at radius 3 is 3.06 bits per heavy atom. The standard InChI is InChI=1S/C11H12FNO3/c12-8-2-1-3-9(4-8)13-5-10(6-14)16-7-11(13)15/h1-4,10,14H,5-7H2. The predicted molar refractivity (Wildman–Crippen MR) is 55.6 cm³/mol. The molecule has 0 aliphatic carbocycles. The van der Waals surface area contributed by atoms with Crippen LogP contribution in [0.2, 0.25) is 0 Å². The van der Waals surface area contributed by atoms with Crippen LogP contribution < -0.4 is 4.90 Å². The van der Waals surface area contributed by atoms with E-state index >= 15 is 0 Å². The molecule has 1 amide bonds. The van der Waals surface area contributed by atoms with Crippen molar-refractivity contribution in [3.63, 3.8) is 0 Å². The predicted octanol–water partition coefficient (Wildman–Crippen LogP) is 0.550. The molecular weight excluding hydrogens is 213 g/mol. The summed E-state index contributed by atoms with van der Waals surface area (Å²) in [6.45, 7) is 0.0135. The normalized spacial score (nSPS) is 21.2. The number of ether oxygens (including phenoxy) is 1. The molecule has 1 heterocycles. The van der Waals surface area contributed by atoms with Crippen LogP contribution in [0.3, 0.4) is 0 Å². The minimum atomic E-state index is -0.402. The molecule has 4 nitrogen and oxygen atoms in total. The minimum Gasteiger partial charge on any atom is -0.394 e. The van der Waals surface area contributed by atoms with Crippen molar-refractivity contribution < 1.29 is 19.0 Å². The fourth-order valence-corrected chi connectivity index (χ4v) is 1.63. The molecule has 1 fully saturated rings. The van der Waals surface area contributed by atoms with E-state index in [1.165, 1.54) is 17.0 Å². The fourth-order valence-electron chi connectivity index (χ4n) is 1.63. The van der Waals surface area contributed by atoms with Gasteiger partial charge in [-0.15, -0.1) is 0 Å². The molecule has 1 atom stereocenters. The molecule has 2 rings (SSSR count). The van der Waals surface area contributed by atoms with E-state index in [0.717, 1.165) is 0 Å². The van der Waals surface area contributed by atoms with E-state index in [1.807, 2.05) is 0 Å². The van der Waals surface area contributed by atoms with Crippen LogP contribution in [-0.2, 0) is 9.53 Å². The number of hydrogen-bond acceptors (Lipinski definition) is 3. The zero-order valence-electron chi connectivity index (χ0n) is 8.60. The highest BCUT2D eigenvalue weighted by atomic mass is 19.1. The first-order valence-electron chi connectivity index (χ1n) is 4.99. The third-order valence-electron chi connectivity index (χ3n) is 2.45. The lowest BCUT2D eigenvalue weighted by Crippen LogP contribution is -2.48. The van der Waals surface area contributed by atoms with E-state index in [4.69, 9.17) is 9.84 Å². The summed E-state index contributed by atoms with van der Waals surface area (Å²) < 4.78 is 18.1. The molecule has 86 valence electrons. The van der Waals surface area contributed by atoms with E-state index in [-0.39, 0.29) is 25.7 Å². The van der Waals surface area contributed by atoms with Crippen molar-refractivity contribution in [3.05, 3.63) is 30.1 Å². The van der Waals surface area contributed by atoms with Crippen molar-refractivity contribution in [2.45, 2.75) is 6.10 Å². The molecule has 0 saturated carbocycles. The maximum absolute atomic E-state index is 13.0. The van der Waals surface area contributed by atoms with Gasteiger partial charge in [0.1, 0.15) is 12.4 Å². The van der Waals surface area contributed by atoms with Gasteiger partial charge in [-0.3, -0.25) is 4.79 Å². The van der Waals surface area contributed by atoms with Gasteiger partial charge in [0.05, 0.1) is 19.3 Å². The van der Waals surface area contributed by atoms with Crippen molar-refractivity contribution in [1.29, 1.82) is 0 Å². The number of hydrogen-bond donors (Lipinski definition) is 1. The molecule has 1 unspecified atom stereocenters. The Bertz CT molecular complexity index is 397. The van der Waals surface area contributed by atoms with Crippen LogP contribution in [0.25, 0.3) is 0 Å². The van der Waals surface area contributed by atoms with Crippen LogP contribution in [0.4, 0.5) is 10.1 Å². The van der Waals surface area contributed by atoms with E-state index < -0.39 is 11.9 Å². The number of rotatable bonds is 2. The second-order valence-corrected chi connectivity index (χ2v) is 3.60. The third-order valence-corrected chi connectivity index (χ3v) is 2.45.